The Kier molecular flexibility index (Phi) is 4.79. The number of nitrogens with one attached hydrogen (secondary N) is 1. The van der Waals surface area contributed by atoms with Crippen LogP contribution in [0.5, 0.6) is 0 Å². The molecule has 0 saturated carbocycles. The third-order valence-electron chi connectivity index (χ3n) is 4.12. The fraction of sp³-hybridized carbons (Fsp3) is 0.158. The van der Waals surface area contributed by atoms with Crippen LogP contribution in [0, 0.1) is 0 Å². The molecule has 0 radical (unpaired) electrons. The number of carbonyl (C=O) groups excluding carboxylic acids is 3. The molecule has 0 fully saturated rings. The summed E-state index contributed by atoms with van der Waals surface area (Å²) >= 11 is 0. The molecule has 3 rings (SSSR count). The molecule has 0 bridgehead atoms. The number of anilines is 1. The number of hydrogen-bond donors (Lipinski definition) is 2. The monoisotopic (exact) mass is 352 g/mol. The average Bonchev–Trinajstić information content (AvgIpc) is 2.88. The minimum absolute atomic E-state index is 0.140. The molecule has 3 amide bonds. The SMILES string of the molecule is O=C(CC[C@@H](C(=O)O)N1C(=O)c2ccccc2C1=O)Nc1ccccc1. The lowest BCUT2D eigenvalue weighted by atomic mass is 10.1. The summed E-state index contributed by atoms with van der Waals surface area (Å²) in [5, 5.41) is 12.1. The molecule has 0 aliphatic carbocycles. The number of imide groups is 1. The average molecular weight is 352 g/mol. The van der Waals surface area contributed by atoms with Crippen LogP contribution in [0.25, 0.3) is 0 Å². The second kappa shape index (κ2) is 7.18. The standard InChI is InChI=1S/C19H16N2O5/c22-16(20-12-6-2-1-3-7-12)11-10-15(19(25)26)21-17(23)13-8-4-5-9-14(13)18(21)24/h1-9,15H,10-11H2,(H,20,22)(H,25,26)/t15-/m0/s1. The first kappa shape index (κ1) is 17.3. The molecule has 2 aromatic rings. The highest BCUT2D eigenvalue weighted by atomic mass is 16.4. The summed E-state index contributed by atoms with van der Waals surface area (Å²) in [7, 11) is 0. The molecule has 0 saturated heterocycles. The van der Waals surface area contributed by atoms with Crippen LogP contribution in [0.2, 0.25) is 0 Å². The van der Waals surface area contributed by atoms with E-state index in [0.717, 1.165) is 4.90 Å². The molecule has 7 heteroatoms. The van der Waals surface area contributed by atoms with E-state index in [0.29, 0.717) is 5.69 Å². The zero-order chi connectivity index (χ0) is 18.7. The zero-order valence-corrected chi connectivity index (χ0v) is 13.7. The topological polar surface area (TPSA) is 104 Å². The third kappa shape index (κ3) is 3.32. The second-order valence-corrected chi connectivity index (χ2v) is 5.83. The molecule has 132 valence electrons. The van der Waals surface area contributed by atoms with Crippen molar-refractivity contribution in [3.63, 3.8) is 0 Å². The summed E-state index contributed by atoms with van der Waals surface area (Å²) in [5.41, 5.74) is 0.945. The van der Waals surface area contributed by atoms with Crippen molar-refractivity contribution in [3.05, 3.63) is 65.7 Å². The first-order chi connectivity index (χ1) is 12.5. The molecule has 0 aromatic heterocycles. The molecule has 1 atom stereocenters. The Morgan fingerprint density at radius 2 is 1.46 bits per heavy atom. The minimum Gasteiger partial charge on any atom is -0.480 e. The van der Waals surface area contributed by atoms with Gasteiger partial charge in [0.1, 0.15) is 6.04 Å². The number of nitrogens with zero attached hydrogens (tertiary/aromatic N) is 1. The van der Waals surface area contributed by atoms with Crippen LogP contribution >= 0.6 is 0 Å². The van der Waals surface area contributed by atoms with E-state index < -0.39 is 23.8 Å². The lowest BCUT2D eigenvalue weighted by Gasteiger charge is -2.22. The van der Waals surface area contributed by atoms with Crippen LogP contribution in [0.4, 0.5) is 5.69 Å². The summed E-state index contributed by atoms with van der Waals surface area (Å²) in [6.45, 7) is 0. The van der Waals surface area contributed by atoms with Crippen molar-refractivity contribution in [3.8, 4) is 0 Å². The summed E-state index contributed by atoms with van der Waals surface area (Å²) in [5.74, 6) is -3.02. The van der Waals surface area contributed by atoms with Crippen molar-refractivity contribution in [1.82, 2.24) is 4.90 Å². The summed E-state index contributed by atoms with van der Waals surface area (Å²) in [6, 6.07) is 13.5. The van der Waals surface area contributed by atoms with Crippen molar-refractivity contribution < 1.29 is 24.3 Å². The van der Waals surface area contributed by atoms with Crippen molar-refractivity contribution >= 4 is 29.4 Å². The number of fused-ring (bicyclic) bond motifs is 1. The van der Waals surface area contributed by atoms with Gasteiger partial charge in [-0.25, -0.2) is 4.79 Å². The molecular weight excluding hydrogens is 336 g/mol. The van der Waals surface area contributed by atoms with Gasteiger partial charge < -0.3 is 10.4 Å². The Labute approximate surface area is 149 Å². The number of rotatable bonds is 6. The van der Waals surface area contributed by atoms with Crippen molar-refractivity contribution in [2.45, 2.75) is 18.9 Å². The Morgan fingerprint density at radius 3 is 2.00 bits per heavy atom. The minimum atomic E-state index is -1.40. The van der Waals surface area contributed by atoms with Gasteiger partial charge >= 0.3 is 5.97 Å². The van der Waals surface area contributed by atoms with E-state index in [-0.39, 0.29) is 29.9 Å². The van der Waals surface area contributed by atoms with Gasteiger partial charge in [0.2, 0.25) is 5.91 Å². The molecule has 2 aromatic carbocycles. The number of carboxylic acids is 1. The van der Waals surface area contributed by atoms with Gasteiger partial charge in [-0.15, -0.1) is 0 Å². The van der Waals surface area contributed by atoms with E-state index in [1.54, 1.807) is 42.5 Å². The third-order valence-corrected chi connectivity index (χ3v) is 4.12. The van der Waals surface area contributed by atoms with Crippen LogP contribution in [-0.4, -0.2) is 39.7 Å². The van der Waals surface area contributed by atoms with Gasteiger partial charge in [-0.05, 0) is 30.7 Å². The Bertz CT molecular complexity index is 844. The van der Waals surface area contributed by atoms with E-state index in [1.165, 1.54) is 12.1 Å². The molecule has 1 aliphatic rings. The number of amides is 3. The van der Waals surface area contributed by atoms with E-state index in [1.807, 2.05) is 0 Å². The van der Waals surface area contributed by atoms with Gasteiger partial charge in [-0.2, -0.15) is 0 Å². The fourth-order valence-corrected chi connectivity index (χ4v) is 2.87. The summed E-state index contributed by atoms with van der Waals surface area (Å²) in [6.07, 6.45) is -0.307. The number of para-hydroxylation sites is 1. The quantitative estimate of drug-likeness (QED) is 0.775. The molecule has 7 nitrogen and oxygen atoms in total. The van der Waals surface area contributed by atoms with E-state index in [9.17, 15) is 24.3 Å². The normalized spacial score (nSPS) is 14.1. The highest BCUT2D eigenvalue weighted by Gasteiger charge is 2.42. The highest BCUT2D eigenvalue weighted by molar-refractivity contribution is 6.22. The Morgan fingerprint density at radius 1 is 0.923 bits per heavy atom. The lowest BCUT2D eigenvalue weighted by Crippen LogP contribution is -2.45. The van der Waals surface area contributed by atoms with Gasteiger partial charge in [0.05, 0.1) is 11.1 Å². The maximum Gasteiger partial charge on any atom is 0.326 e. The predicted molar refractivity (Wildman–Crippen MR) is 92.7 cm³/mol. The van der Waals surface area contributed by atoms with Crippen LogP contribution < -0.4 is 5.32 Å². The van der Waals surface area contributed by atoms with Gasteiger partial charge in [-0.1, -0.05) is 30.3 Å². The number of carboxylic acid groups (broad SMARTS) is 1. The van der Waals surface area contributed by atoms with Crippen molar-refractivity contribution in [2.24, 2.45) is 0 Å². The number of carbonyl (C=O) groups is 4. The van der Waals surface area contributed by atoms with E-state index >= 15 is 0 Å². The molecule has 1 aliphatic heterocycles. The lowest BCUT2D eigenvalue weighted by molar-refractivity contribution is -0.141. The maximum absolute atomic E-state index is 12.4. The molecule has 26 heavy (non-hydrogen) atoms. The number of aliphatic carboxylic acids is 1. The fourth-order valence-electron chi connectivity index (χ4n) is 2.87. The van der Waals surface area contributed by atoms with Crippen LogP contribution in [0.3, 0.4) is 0 Å². The van der Waals surface area contributed by atoms with E-state index in [4.69, 9.17) is 0 Å². The molecular formula is C19H16N2O5. The first-order valence-corrected chi connectivity index (χ1v) is 8.03. The van der Waals surface area contributed by atoms with Crippen LogP contribution in [0.15, 0.2) is 54.6 Å². The van der Waals surface area contributed by atoms with Gasteiger partial charge in [0, 0.05) is 12.1 Å². The van der Waals surface area contributed by atoms with Gasteiger partial charge in [0.25, 0.3) is 11.8 Å². The summed E-state index contributed by atoms with van der Waals surface area (Å²) < 4.78 is 0. The van der Waals surface area contributed by atoms with Crippen LogP contribution in [0.1, 0.15) is 33.6 Å². The van der Waals surface area contributed by atoms with Gasteiger partial charge in [0.15, 0.2) is 0 Å². The first-order valence-electron chi connectivity index (χ1n) is 8.03. The molecule has 0 spiro atoms. The number of benzene rings is 2. The zero-order valence-electron chi connectivity index (χ0n) is 13.7. The maximum atomic E-state index is 12.4. The molecule has 1 heterocycles. The van der Waals surface area contributed by atoms with Gasteiger partial charge in [-0.3, -0.25) is 19.3 Å². The van der Waals surface area contributed by atoms with Crippen molar-refractivity contribution in [1.29, 1.82) is 0 Å². The number of hydrogen-bond acceptors (Lipinski definition) is 4. The second-order valence-electron chi connectivity index (χ2n) is 5.83. The smallest absolute Gasteiger partial charge is 0.326 e. The molecule has 2 N–H and O–H groups in total. The van der Waals surface area contributed by atoms with Crippen molar-refractivity contribution in [2.75, 3.05) is 5.32 Å². The Hall–Kier alpha value is -3.48. The Balaban J connectivity index is 1.71. The van der Waals surface area contributed by atoms with E-state index in [2.05, 4.69) is 5.32 Å². The van der Waals surface area contributed by atoms with Crippen LogP contribution in [-0.2, 0) is 9.59 Å². The largest absolute Gasteiger partial charge is 0.480 e. The summed E-state index contributed by atoms with van der Waals surface area (Å²) in [4.78, 5) is 49.2. The molecule has 0 unspecified atom stereocenters. The highest BCUT2D eigenvalue weighted by Crippen LogP contribution is 2.26. The predicted octanol–water partition coefficient (Wildman–Crippen LogP) is 2.15.